The van der Waals surface area contributed by atoms with Crippen LogP contribution in [-0.2, 0) is 19.6 Å². The number of sulfonamides is 1. The van der Waals surface area contributed by atoms with E-state index in [-0.39, 0.29) is 17.9 Å². The van der Waals surface area contributed by atoms with Gasteiger partial charge in [0.2, 0.25) is 10.0 Å². The van der Waals surface area contributed by atoms with Crippen LogP contribution in [0.5, 0.6) is 5.75 Å². The number of aliphatic hydroxyl groups excluding tert-OH is 1. The number of hydrogen-bond donors (Lipinski definition) is 4. The van der Waals surface area contributed by atoms with Gasteiger partial charge in [0.05, 0.1) is 17.6 Å². The van der Waals surface area contributed by atoms with E-state index in [1.807, 2.05) is 11.6 Å². The van der Waals surface area contributed by atoms with Crippen LogP contribution in [0.25, 0.3) is 0 Å². The first-order chi connectivity index (χ1) is 14.4. The minimum atomic E-state index is -4.22. The smallest absolute Gasteiger partial charge is 0.407 e. The highest BCUT2D eigenvalue weighted by Gasteiger charge is 2.31. The first-order valence-corrected chi connectivity index (χ1v) is 11.5. The molecule has 11 heteroatoms. The molecular formula is C20H32N2O8S. The third-order valence-electron chi connectivity index (χ3n) is 3.94. The lowest BCUT2D eigenvalue weighted by molar-refractivity contribution is -0.141. The molecule has 1 aromatic carbocycles. The fourth-order valence-electron chi connectivity index (χ4n) is 2.38. The van der Waals surface area contributed by atoms with E-state index in [0.717, 1.165) is 12.8 Å². The Labute approximate surface area is 183 Å². The number of carboxylic acid groups (broad SMARTS) is 1. The number of hydrogen-bond acceptors (Lipinski definition) is 7. The molecule has 0 aliphatic rings. The Bertz CT molecular complexity index is 819. The molecule has 0 aliphatic heterocycles. The van der Waals surface area contributed by atoms with E-state index in [1.54, 1.807) is 20.8 Å². The van der Waals surface area contributed by atoms with Gasteiger partial charge < -0.3 is 25.0 Å². The highest BCUT2D eigenvalue weighted by Crippen LogP contribution is 2.17. The minimum Gasteiger partial charge on any atom is -0.494 e. The summed E-state index contributed by atoms with van der Waals surface area (Å²) in [7, 11) is -4.22. The third-order valence-corrected chi connectivity index (χ3v) is 5.40. The summed E-state index contributed by atoms with van der Waals surface area (Å²) in [6.07, 6.45) is -0.694. The van der Waals surface area contributed by atoms with Crippen molar-refractivity contribution in [2.45, 2.75) is 69.6 Å². The van der Waals surface area contributed by atoms with Gasteiger partial charge in [0, 0.05) is 6.54 Å². The summed E-state index contributed by atoms with van der Waals surface area (Å²) in [6, 6.07) is 3.73. The lowest BCUT2D eigenvalue weighted by Gasteiger charge is -2.22. The largest absolute Gasteiger partial charge is 0.494 e. The van der Waals surface area contributed by atoms with E-state index in [4.69, 9.17) is 9.47 Å². The molecule has 4 N–H and O–H groups in total. The van der Waals surface area contributed by atoms with Gasteiger partial charge in [0.15, 0.2) is 0 Å². The topological polar surface area (TPSA) is 151 Å². The molecule has 0 fully saturated rings. The fourth-order valence-corrected chi connectivity index (χ4v) is 3.60. The van der Waals surface area contributed by atoms with Crippen molar-refractivity contribution < 1.29 is 37.7 Å². The summed E-state index contributed by atoms with van der Waals surface area (Å²) in [5, 5.41) is 21.9. The summed E-state index contributed by atoms with van der Waals surface area (Å²) in [5.74, 6) is -1.05. The van der Waals surface area contributed by atoms with Gasteiger partial charge >= 0.3 is 12.1 Å². The summed E-state index contributed by atoms with van der Waals surface area (Å²) in [5.41, 5.74) is -0.710. The predicted octanol–water partition coefficient (Wildman–Crippen LogP) is 1.87. The fraction of sp³-hybridized carbons (Fsp3) is 0.600. The quantitative estimate of drug-likeness (QED) is 0.345. The number of carboxylic acids is 1. The van der Waals surface area contributed by atoms with Gasteiger partial charge in [0.1, 0.15) is 17.4 Å². The monoisotopic (exact) mass is 460 g/mol. The second-order valence-corrected chi connectivity index (χ2v) is 9.61. The van der Waals surface area contributed by atoms with Gasteiger partial charge in [-0.05, 0) is 57.9 Å². The maximum atomic E-state index is 12.5. The van der Waals surface area contributed by atoms with Gasteiger partial charge in [-0.3, -0.25) is 4.79 Å². The maximum absolute atomic E-state index is 12.5. The first kappa shape index (κ1) is 26.7. The van der Waals surface area contributed by atoms with Crippen LogP contribution in [-0.4, -0.2) is 61.6 Å². The second-order valence-electron chi connectivity index (χ2n) is 7.90. The SMILES string of the molecule is CCCCOc1ccc(S(=O)(=O)N[C@@H](C(=O)O)[C@@H](O)CCNC(=O)OC(C)(C)C)cc1. The molecular weight excluding hydrogens is 428 g/mol. The molecule has 0 unspecified atom stereocenters. The van der Waals surface area contributed by atoms with Crippen molar-refractivity contribution in [2.24, 2.45) is 0 Å². The van der Waals surface area contributed by atoms with E-state index >= 15 is 0 Å². The molecule has 1 aromatic rings. The molecule has 1 amide bonds. The predicted molar refractivity (Wildman–Crippen MR) is 113 cm³/mol. The van der Waals surface area contributed by atoms with Gasteiger partial charge in [-0.1, -0.05) is 13.3 Å². The number of nitrogens with one attached hydrogen (secondary N) is 2. The molecule has 0 aromatic heterocycles. The van der Waals surface area contributed by atoms with Crippen LogP contribution in [0.1, 0.15) is 47.0 Å². The van der Waals surface area contributed by atoms with E-state index in [2.05, 4.69) is 5.32 Å². The Morgan fingerprint density at radius 2 is 1.77 bits per heavy atom. The number of alkyl carbamates (subject to hydrolysis) is 1. The number of ether oxygens (including phenoxy) is 2. The normalized spacial score (nSPS) is 13.8. The number of aliphatic carboxylic acids is 1. The molecule has 0 saturated carbocycles. The highest BCUT2D eigenvalue weighted by atomic mass is 32.2. The minimum absolute atomic E-state index is 0.106. The number of carbonyl (C=O) groups excluding carboxylic acids is 1. The summed E-state index contributed by atoms with van der Waals surface area (Å²) in [6.45, 7) is 7.46. The van der Waals surface area contributed by atoms with Crippen molar-refractivity contribution in [1.29, 1.82) is 0 Å². The average Bonchev–Trinajstić information content (AvgIpc) is 2.65. The highest BCUT2D eigenvalue weighted by molar-refractivity contribution is 7.89. The van der Waals surface area contributed by atoms with Crippen molar-refractivity contribution in [2.75, 3.05) is 13.2 Å². The average molecular weight is 461 g/mol. The molecule has 176 valence electrons. The molecule has 0 aliphatic carbocycles. The zero-order valence-electron chi connectivity index (χ0n) is 18.3. The lowest BCUT2D eigenvalue weighted by Crippen LogP contribution is -2.49. The molecule has 0 spiro atoms. The standard InChI is InChI=1S/C20H32N2O8S/c1-5-6-13-29-14-7-9-15(10-8-14)31(27,28)22-17(18(24)25)16(23)11-12-21-19(26)30-20(2,3)4/h7-10,16-17,22-23H,5-6,11-13H2,1-4H3,(H,21,26)(H,24,25)/t16-,17+/m0/s1. The molecule has 0 heterocycles. The number of carbonyl (C=O) groups is 2. The van der Waals surface area contributed by atoms with E-state index in [1.165, 1.54) is 24.3 Å². The zero-order chi connectivity index (χ0) is 23.7. The molecule has 0 saturated heterocycles. The van der Waals surface area contributed by atoms with Crippen LogP contribution in [0.3, 0.4) is 0 Å². The molecule has 31 heavy (non-hydrogen) atoms. The molecule has 1 rings (SSSR count). The Balaban J connectivity index is 2.71. The van der Waals surface area contributed by atoms with Crippen molar-refractivity contribution in [3.63, 3.8) is 0 Å². The van der Waals surface area contributed by atoms with E-state index in [9.17, 15) is 28.2 Å². The molecule has 2 atom stereocenters. The zero-order valence-corrected chi connectivity index (χ0v) is 19.1. The first-order valence-electron chi connectivity index (χ1n) is 9.98. The Kier molecular flexibility index (Phi) is 10.2. The molecule has 10 nitrogen and oxygen atoms in total. The van der Waals surface area contributed by atoms with Crippen LogP contribution >= 0.6 is 0 Å². The van der Waals surface area contributed by atoms with Crippen LogP contribution in [0.4, 0.5) is 4.79 Å². The van der Waals surface area contributed by atoms with E-state index < -0.39 is 39.8 Å². The number of benzene rings is 1. The number of amides is 1. The van der Waals surface area contributed by atoms with Gasteiger partial charge in [0.25, 0.3) is 0 Å². The van der Waals surface area contributed by atoms with Gasteiger partial charge in [-0.2, -0.15) is 4.72 Å². The number of aliphatic hydroxyl groups is 1. The van der Waals surface area contributed by atoms with Gasteiger partial charge in [-0.15, -0.1) is 0 Å². The van der Waals surface area contributed by atoms with Crippen molar-refractivity contribution >= 4 is 22.1 Å². The number of rotatable bonds is 12. The van der Waals surface area contributed by atoms with Crippen molar-refractivity contribution in [3.05, 3.63) is 24.3 Å². The van der Waals surface area contributed by atoms with Crippen molar-refractivity contribution in [3.8, 4) is 5.75 Å². The van der Waals surface area contributed by atoms with E-state index in [0.29, 0.717) is 12.4 Å². The Hall–Kier alpha value is -2.37. The van der Waals surface area contributed by atoms with Crippen LogP contribution in [0, 0.1) is 0 Å². The summed E-state index contributed by atoms with van der Waals surface area (Å²) in [4.78, 5) is 23.0. The van der Waals surface area contributed by atoms with Crippen LogP contribution in [0.2, 0.25) is 0 Å². The molecule has 0 radical (unpaired) electrons. The van der Waals surface area contributed by atoms with Crippen LogP contribution < -0.4 is 14.8 Å². The summed E-state index contributed by atoms with van der Waals surface area (Å²) >= 11 is 0. The molecule has 0 bridgehead atoms. The van der Waals surface area contributed by atoms with Gasteiger partial charge in [-0.25, -0.2) is 13.2 Å². The lowest BCUT2D eigenvalue weighted by atomic mass is 10.1. The Morgan fingerprint density at radius 3 is 2.29 bits per heavy atom. The van der Waals surface area contributed by atoms with Crippen molar-refractivity contribution in [1.82, 2.24) is 10.0 Å². The van der Waals surface area contributed by atoms with Crippen LogP contribution in [0.15, 0.2) is 29.2 Å². The maximum Gasteiger partial charge on any atom is 0.407 e. The number of unbranched alkanes of at least 4 members (excludes halogenated alkanes) is 1. The second kappa shape index (κ2) is 11.9. The Morgan fingerprint density at radius 1 is 1.16 bits per heavy atom. The third kappa shape index (κ3) is 9.99. The summed E-state index contributed by atoms with van der Waals surface area (Å²) < 4.78 is 37.6.